The highest BCUT2D eigenvalue weighted by molar-refractivity contribution is 5.76. The van der Waals surface area contributed by atoms with Gasteiger partial charge in [-0.1, -0.05) is 0 Å². The van der Waals surface area contributed by atoms with Gasteiger partial charge in [0, 0.05) is 20.5 Å². The molecule has 0 spiro atoms. The summed E-state index contributed by atoms with van der Waals surface area (Å²) >= 11 is 0. The molecular formula is C11H18N4O4. The maximum Gasteiger partial charge on any atom is 0.343 e. The molecule has 1 rings (SSSR count). The Hall–Kier alpha value is -1.96. The largest absolute Gasteiger partial charge is 0.393 e. The van der Waals surface area contributed by atoms with Crippen molar-refractivity contribution in [2.75, 3.05) is 13.6 Å². The number of carbonyl (C=O) groups is 1. The molecule has 0 unspecified atom stereocenters. The number of nitrogens with zero attached hydrogens (tertiary/aromatic N) is 4. The summed E-state index contributed by atoms with van der Waals surface area (Å²) in [5.74, 6) is -0.0383. The normalized spacial score (nSPS) is 12.2. The number of aromatic nitrogens is 2. The minimum atomic E-state index is -0.566. The van der Waals surface area contributed by atoms with Crippen LogP contribution < -0.4 is 0 Å². The number of aryl methyl sites for hydroxylation is 1. The molecule has 1 amide bonds. The average Bonchev–Trinajstić information content (AvgIpc) is 2.68. The number of likely N-dealkylation sites (N-methyl/N-ethyl adjacent to an activating group) is 1. The Bertz CT molecular complexity index is 469. The number of nitro groups is 1. The molecule has 1 aromatic rings. The van der Waals surface area contributed by atoms with Crippen LogP contribution in [0.2, 0.25) is 0 Å². The van der Waals surface area contributed by atoms with Crippen molar-refractivity contribution in [1.82, 2.24) is 14.5 Å². The van der Waals surface area contributed by atoms with Crippen molar-refractivity contribution in [3.63, 3.8) is 0 Å². The number of amides is 1. The fourth-order valence-electron chi connectivity index (χ4n) is 1.56. The van der Waals surface area contributed by atoms with Gasteiger partial charge < -0.3 is 20.1 Å². The van der Waals surface area contributed by atoms with Crippen LogP contribution in [0.25, 0.3) is 0 Å². The fourth-order valence-corrected chi connectivity index (χ4v) is 1.56. The topological polar surface area (TPSA) is 102 Å². The Balaban J connectivity index is 2.71. The summed E-state index contributed by atoms with van der Waals surface area (Å²) in [7, 11) is 1.60. The molecule has 8 heteroatoms. The zero-order valence-corrected chi connectivity index (χ0v) is 11.2. The van der Waals surface area contributed by atoms with Crippen LogP contribution in [0.3, 0.4) is 0 Å². The number of aliphatic hydroxyl groups excluding tert-OH is 1. The molecule has 0 radical (unpaired) electrons. The van der Waals surface area contributed by atoms with Gasteiger partial charge in [-0.3, -0.25) is 4.79 Å². The second-order valence-corrected chi connectivity index (χ2v) is 4.46. The monoisotopic (exact) mass is 270 g/mol. The Kier molecular flexibility index (Phi) is 4.99. The first-order chi connectivity index (χ1) is 8.82. The highest BCUT2D eigenvalue weighted by Gasteiger charge is 2.21. The quantitative estimate of drug-likeness (QED) is 0.593. The molecule has 0 fully saturated rings. The Morgan fingerprint density at radius 1 is 1.68 bits per heavy atom. The zero-order valence-electron chi connectivity index (χ0n) is 11.2. The van der Waals surface area contributed by atoms with E-state index in [4.69, 9.17) is 5.11 Å². The second kappa shape index (κ2) is 6.28. The van der Waals surface area contributed by atoms with E-state index in [1.165, 1.54) is 9.47 Å². The molecule has 0 saturated carbocycles. The van der Waals surface area contributed by atoms with Gasteiger partial charge in [0.25, 0.3) is 5.91 Å². The lowest BCUT2D eigenvalue weighted by Crippen LogP contribution is -2.32. The molecule has 0 aromatic carbocycles. The zero-order chi connectivity index (χ0) is 14.6. The maximum atomic E-state index is 11.9. The molecule has 1 atom stereocenters. The van der Waals surface area contributed by atoms with Gasteiger partial charge in [-0.2, -0.15) is 0 Å². The Morgan fingerprint density at radius 2 is 2.32 bits per heavy atom. The van der Waals surface area contributed by atoms with E-state index in [0.29, 0.717) is 18.8 Å². The molecule has 106 valence electrons. The van der Waals surface area contributed by atoms with Crippen molar-refractivity contribution in [3.8, 4) is 0 Å². The van der Waals surface area contributed by atoms with E-state index >= 15 is 0 Å². The number of imidazole rings is 1. The number of aliphatic hydroxyl groups is 1. The highest BCUT2D eigenvalue weighted by Crippen LogP contribution is 2.13. The van der Waals surface area contributed by atoms with E-state index < -0.39 is 11.0 Å². The first-order valence-electron chi connectivity index (χ1n) is 5.91. The third-order valence-corrected chi connectivity index (χ3v) is 2.82. The second-order valence-electron chi connectivity index (χ2n) is 4.46. The van der Waals surface area contributed by atoms with Gasteiger partial charge >= 0.3 is 5.82 Å². The van der Waals surface area contributed by atoms with Crippen LogP contribution in [0.1, 0.15) is 19.2 Å². The van der Waals surface area contributed by atoms with Crippen LogP contribution >= 0.6 is 0 Å². The van der Waals surface area contributed by atoms with Crippen LogP contribution in [0.4, 0.5) is 5.82 Å². The first-order valence-corrected chi connectivity index (χ1v) is 5.91. The van der Waals surface area contributed by atoms with Gasteiger partial charge in [-0.15, -0.1) is 0 Å². The van der Waals surface area contributed by atoms with Crippen molar-refractivity contribution in [3.05, 3.63) is 22.1 Å². The summed E-state index contributed by atoms with van der Waals surface area (Å²) in [6.45, 7) is 3.52. The highest BCUT2D eigenvalue weighted by atomic mass is 16.6. The predicted octanol–water partition coefficient (Wildman–Crippen LogP) is 0.329. The molecular weight excluding hydrogens is 252 g/mol. The van der Waals surface area contributed by atoms with Gasteiger partial charge in [0.05, 0.1) is 6.10 Å². The number of rotatable bonds is 6. The van der Waals surface area contributed by atoms with Gasteiger partial charge in [-0.05, 0) is 18.3 Å². The minimum absolute atomic E-state index is 0.127. The van der Waals surface area contributed by atoms with Gasteiger partial charge in [-0.25, -0.2) is 9.55 Å². The van der Waals surface area contributed by atoms with E-state index in [-0.39, 0.29) is 18.3 Å². The third kappa shape index (κ3) is 4.02. The van der Waals surface area contributed by atoms with E-state index in [0.717, 1.165) is 6.20 Å². The molecule has 0 aliphatic carbocycles. The van der Waals surface area contributed by atoms with Crippen molar-refractivity contribution >= 4 is 11.7 Å². The van der Waals surface area contributed by atoms with Crippen molar-refractivity contribution in [2.45, 2.75) is 32.9 Å². The summed E-state index contributed by atoms with van der Waals surface area (Å²) in [5, 5.41) is 19.9. The van der Waals surface area contributed by atoms with Gasteiger partial charge in [0.2, 0.25) is 0 Å². The fraction of sp³-hybridized carbons (Fsp3) is 0.636. The molecule has 8 nitrogen and oxygen atoms in total. The minimum Gasteiger partial charge on any atom is -0.393 e. The van der Waals surface area contributed by atoms with Gasteiger partial charge in [0.15, 0.2) is 12.4 Å². The molecule has 0 saturated heterocycles. The molecule has 1 heterocycles. The van der Waals surface area contributed by atoms with Crippen LogP contribution in [-0.2, 0) is 11.3 Å². The van der Waals surface area contributed by atoms with Crippen LogP contribution in [0.15, 0.2) is 6.20 Å². The Labute approximate surface area is 110 Å². The smallest absolute Gasteiger partial charge is 0.343 e. The number of carbonyl (C=O) groups excluding carboxylic acids is 1. The lowest BCUT2D eigenvalue weighted by molar-refractivity contribution is -0.392. The standard InChI is InChI=1S/C11H18N4O4/c1-8(16)4-5-13(3)11(17)7-14-9(2)12-6-10(14)15(18)19/h6,8,16H,4-5,7H2,1-3H3/t8-/m0/s1. The lowest BCUT2D eigenvalue weighted by Gasteiger charge is -2.17. The number of hydrogen-bond donors (Lipinski definition) is 1. The average molecular weight is 270 g/mol. The van der Waals surface area contributed by atoms with Crippen LogP contribution in [0.5, 0.6) is 0 Å². The lowest BCUT2D eigenvalue weighted by atomic mass is 10.3. The van der Waals surface area contributed by atoms with Gasteiger partial charge in [0.1, 0.15) is 6.20 Å². The van der Waals surface area contributed by atoms with Crippen molar-refractivity contribution < 1.29 is 14.8 Å². The predicted molar refractivity (Wildman–Crippen MR) is 67.6 cm³/mol. The third-order valence-electron chi connectivity index (χ3n) is 2.82. The summed E-state index contributed by atoms with van der Waals surface area (Å²) in [5.41, 5.74) is 0. The molecule has 0 aliphatic heterocycles. The van der Waals surface area contributed by atoms with Crippen molar-refractivity contribution in [1.29, 1.82) is 0 Å². The summed E-state index contributed by atoms with van der Waals surface area (Å²) in [6, 6.07) is 0. The molecule has 19 heavy (non-hydrogen) atoms. The maximum absolute atomic E-state index is 11.9. The van der Waals surface area contributed by atoms with Crippen LogP contribution in [-0.4, -0.2) is 50.1 Å². The van der Waals surface area contributed by atoms with E-state index in [9.17, 15) is 14.9 Å². The summed E-state index contributed by atoms with van der Waals surface area (Å²) < 4.78 is 1.27. The molecule has 0 aliphatic rings. The number of hydrogen-bond acceptors (Lipinski definition) is 5. The van der Waals surface area contributed by atoms with E-state index in [1.807, 2.05) is 0 Å². The first kappa shape index (κ1) is 15.1. The summed E-state index contributed by atoms with van der Waals surface area (Å²) in [6.07, 6.45) is 1.12. The molecule has 1 aromatic heterocycles. The Morgan fingerprint density at radius 3 is 2.84 bits per heavy atom. The SMILES string of the molecule is Cc1ncc([N+](=O)[O-])n1CC(=O)N(C)CC[C@H](C)O. The molecule has 1 N–H and O–H groups in total. The van der Waals surface area contributed by atoms with E-state index in [1.54, 1.807) is 20.9 Å². The van der Waals surface area contributed by atoms with E-state index in [2.05, 4.69) is 4.98 Å². The molecule has 0 bridgehead atoms. The summed E-state index contributed by atoms with van der Waals surface area (Å²) in [4.78, 5) is 27.4. The van der Waals surface area contributed by atoms with Crippen LogP contribution in [0, 0.1) is 17.0 Å². The van der Waals surface area contributed by atoms with Crippen molar-refractivity contribution in [2.24, 2.45) is 0 Å².